The quantitative estimate of drug-likeness (QED) is 0.762. The summed E-state index contributed by atoms with van der Waals surface area (Å²) in [6, 6.07) is 0. The standard InChI is InChI=1S/C11H13N5O2S/c1-2-3-8-13-5-7(19-8)11(18)15-6-4-14-16-9(6)10(12)17/h4-5H,2-3H2,1H3,(H2,12,17)(H,14,16)(H,15,18). The predicted octanol–water partition coefficient (Wildman–Crippen LogP) is 1.17. The van der Waals surface area contributed by atoms with Crippen molar-refractivity contribution in [2.24, 2.45) is 5.73 Å². The fraction of sp³-hybridized carbons (Fsp3) is 0.273. The Labute approximate surface area is 113 Å². The second-order valence-electron chi connectivity index (χ2n) is 3.85. The Morgan fingerprint density at radius 1 is 1.47 bits per heavy atom. The van der Waals surface area contributed by atoms with Gasteiger partial charge in [-0.05, 0) is 12.8 Å². The number of hydrogen-bond acceptors (Lipinski definition) is 5. The minimum atomic E-state index is -0.677. The highest BCUT2D eigenvalue weighted by molar-refractivity contribution is 7.13. The topological polar surface area (TPSA) is 114 Å². The molecule has 0 aliphatic carbocycles. The summed E-state index contributed by atoms with van der Waals surface area (Å²) in [4.78, 5) is 27.7. The highest BCUT2D eigenvalue weighted by Crippen LogP contribution is 2.17. The van der Waals surface area contributed by atoms with Crippen molar-refractivity contribution in [1.29, 1.82) is 0 Å². The van der Waals surface area contributed by atoms with Crippen LogP contribution in [0, 0.1) is 0 Å². The highest BCUT2D eigenvalue weighted by atomic mass is 32.1. The zero-order valence-corrected chi connectivity index (χ0v) is 11.1. The number of nitrogens with zero attached hydrogens (tertiary/aromatic N) is 2. The van der Waals surface area contributed by atoms with Crippen LogP contribution in [0.15, 0.2) is 12.4 Å². The van der Waals surface area contributed by atoms with Gasteiger partial charge in [-0.15, -0.1) is 11.3 Å². The lowest BCUT2D eigenvalue weighted by Crippen LogP contribution is -2.17. The lowest BCUT2D eigenvalue weighted by atomic mass is 10.3. The molecule has 0 spiro atoms. The molecule has 0 aromatic carbocycles. The van der Waals surface area contributed by atoms with Gasteiger partial charge in [-0.1, -0.05) is 6.92 Å². The maximum atomic E-state index is 12.0. The average Bonchev–Trinajstić information content (AvgIpc) is 2.98. The second-order valence-corrected chi connectivity index (χ2v) is 4.96. The molecule has 2 aromatic rings. The number of amides is 2. The minimum Gasteiger partial charge on any atom is -0.364 e. The summed E-state index contributed by atoms with van der Waals surface area (Å²) >= 11 is 1.33. The van der Waals surface area contributed by atoms with Crippen LogP contribution in [0.1, 0.15) is 38.5 Å². The molecule has 0 atom stereocenters. The van der Waals surface area contributed by atoms with E-state index in [2.05, 4.69) is 20.5 Å². The Morgan fingerprint density at radius 3 is 2.95 bits per heavy atom. The van der Waals surface area contributed by atoms with Crippen molar-refractivity contribution in [3.63, 3.8) is 0 Å². The van der Waals surface area contributed by atoms with Crippen molar-refractivity contribution in [1.82, 2.24) is 15.2 Å². The van der Waals surface area contributed by atoms with Crippen molar-refractivity contribution >= 4 is 28.8 Å². The number of aromatic amines is 1. The molecule has 0 fully saturated rings. The molecule has 0 saturated heterocycles. The van der Waals surface area contributed by atoms with Crippen LogP contribution in [0.2, 0.25) is 0 Å². The molecule has 0 aliphatic heterocycles. The summed E-state index contributed by atoms with van der Waals surface area (Å²) in [6.45, 7) is 2.05. The van der Waals surface area contributed by atoms with E-state index in [-0.39, 0.29) is 17.3 Å². The van der Waals surface area contributed by atoms with E-state index in [0.717, 1.165) is 17.8 Å². The van der Waals surface area contributed by atoms with E-state index in [4.69, 9.17) is 5.73 Å². The van der Waals surface area contributed by atoms with Crippen LogP contribution in [0.4, 0.5) is 5.69 Å². The molecule has 0 unspecified atom stereocenters. The number of thiazole rings is 1. The predicted molar refractivity (Wildman–Crippen MR) is 71.2 cm³/mol. The Bertz CT molecular complexity index is 604. The zero-order valence-electron chi connectivity index (χ0n) is 10.3. The molecule has 2 rings (SSSR count). The Balaban J connectivity index is 2.11. The molecule has 8 heteroatoms. The first-order valence-corrected chi connectivity index (χ1v) is 6.52. The summed E-state index contributed by atoms with van der Waals surface area (Å²) in [5.74, 6) is -1.01. The van der Waals surface area contributed by atoms with E-state index in [1.807, 2.05) is 6.92 Å². The summed E-state index contributed by atoms with van der Waals surface area (Å²) in [5, 5.41) is 9.60. The van der Waals surface area contributed by atoms with Crippen LogP contribution in [-0.2, 0) is 6.42 Å². The first kappa shape index (κ1) is 13.2. The first-order valence-electron chi connectivity index (χ1n) is 5.71. The number of anilines is 1. The summed E-state index contributed by atoms with van der Waals surface area (Å²) in [5.41, 5.74) is 5.49. The third-order valence-electron chi connectivity index (χ3n) is 2.38. The average molecular weight is 279 g/mol. The lowest BCUT2D eigenvalue weighted by Gasteiger charge is -2.01. The van der Waals surface area contributed by atoms with Gasteiger partial charge in [0.25, 0.3) is 11.8 Å². The number of nitrogens with two attached hydrogens (primary N) is 1. The monoisotopic (exact) mass is 279 g/mol. The molecule has 7 nitrogen and oxygen atoms in total. The molecular formula is C11H13N5O2S. The fourth-order valence-electron chi connectivity index (χ4n) is 1.50. The van der Waals surface area contributed by atoms with E-state index in [0.29, 0.717) is 4.88 Å². The van der Waals surface area contributed by atoms with Crippen molar-refractivity contribution in [2.75, 3.05) is 5.32 Å². The summed E-state index contributed by atoms with van der Waals surface area (Å²) in [7, 11) is 0. The number of nitrogens with one attached hydrogen (secondary N) is 2. The number of hydrogen-bond donors (Lipinski definition) is 3. The molecule has 0 radical (unpaired) electrons. The summed E-state index contributed by atoms with van der Waals surface area (Å²) < 4.78 is 0. The van der Waals surface area contributed by atoms with Gasteiger partial charge < -0.3 is 11.1 Å². The zero-order chi connectivity index (χ0) is 13.8. The summed E-state index contributed by atoms with van der Waals surface area (Å²) in [6.07, 6.45) is 4.68. The third-order valence-corrected chi connectivity index (χ3v) is 3.43. The van der Waals surface area contributed by atoms with Crippen molar-refractivity contribution in [3.8, 4) is 0 Å². The van der Waals surface area contributed by atoms with Crippen molar-refractivity contribution in [3.05, 3.63) is 28.0 Å². The van der Waals surface area contributed by atoms with Crippen LogP contribution >= 0.6 is 11.3 Å². The number of aromatic nitrogens is 3. The third kappa shape index (κ3) is 2.97. The smallest absolute Gasteiger partial charge is 0.268 e. The van der Waals surface area contributed by atoms with Crippen LogP contribution in [0.3, 0.4) is 0 Å². The lowest BCUT2D eigenvalue weighted by molar-refractivity contribution is 0.0996. The van der Waals surface area contributed by atoms with E-state index >= 15 is 0 Å². The van der Waals surface area contributed by atoms with Crippen molar-refractivity contribution < 1.29 is 9.59 Å². The first-order chi connectivity index (χ1) is 9.11. The van der Waals surface area contributed by atoms with E-state index < -0.39 is 5.91 Å². The van der Waals surface area contributed by atoms with Gasteiger partial charge in [0.2, 0.25) is 0 Å². The van der Waals surface area contributed by atoms with Crippen LogP contribution < -0.4 is 11.1 Å². The second kappa shape index (κ2) is 5.61. The molecular weight excluding hydrogens is 266 g/mol. The Hall–Kier alpha value is -2.22. The van der Waals surface area contributed by atoms with Gasteiger partial charge in [0.1, 0.15) is 10.6 Å². The number of H-pyrrole nitrogens is 1. The molecule has 2 amide bonds. The van der Waals surface area contributed by atoms with Gasteiger partial charge in [-0.3, -0.25) is 14.7 Å². The molecule has 0 aliphatic rings. The van der Waals surface area contributed by atoms with Gasteiger partial charge in [0.15, 0.2) is 0 Å². The fourth-order valence-corrected chi connectivity index (χ4v) is 2.41. The number of aryl methyl sites for hydroxylation is 1. The van der Waals surface area contributed by atoms with Gasteiger partial charge >= 0.3 is 0 Å². The van der Waals surface area contributed by atoms with Gasteiger partial charge in [-0.25, -0.2) is 4.98 Å². The molecule has 2 aromatic heterocycles. The largest absolute Gasteiger partial charge is 0.364 e. The maximum absolute atomic E-state index is 12.0. The normalized spacial score (nSPS) is 10.4. The van der Waals surface area contributed by atoms with Crippen LogP contribution in [0.25, 0.3) is 0 Å². The number of primary amides is 1. The Morgan fingerprint density at radius 2 is 2.26 bits per heavy atom. The molecule has 100 valence electrons. The maximum Gasteiger partial charge on any atom is 0.268 e. The molecule has 0 bridgehead atoms. The van der Waals surface area contributed by atoms with Gasteiger partial charge in [-0.2, -0.15) is 5.10 Å². The number of carbonyl (C=O) groups is 2. The van der Waals surface area contributed by atoms with E-state index in [1.54, 1.807) is 0 Å². The van der Waals surface area contributed by atoms with Crippen LogP contribution in [-0.4, -0.2) is 27.0 Å². The van der Waals surface area contributed by atoms with Gasteiger partial charge in [0, 0.05) is 0 Å². The van der Waals surface area contributed by atoms with Crippen LogP contribution in [0.5, 0.6) is 0 Å². The SMILES string of the molecule is CCCc1ncc(C(=O)Nc2cn[nH]c2C(N)=O)s1. The Kier molecular flexibility index (Phi) is 3.91. The number of rotatable bonds is 5. The molecule has 19 heavy (non-hydrogen) atoms. The van der Waals surface area contributed by atoms with Crippen molar-refractivity contribution in [2.45, 2.75) is 19.8 Å². The van der Waals surface area contributed by atoms with E-state index in [9.17, 15) is 9.59 Å². The molecule has 0 saturated carbocycles. The van der Waals surface area contributed by atoms with E-state index in [1.165, 1.54) is 23.7 Å². The highest BCUT2D eigenvalue weighted by Gasteiger charge is 2.16. The number of carbonyl (C=O) groups excluding carboxylic acids is 2. The minimum absolute atomic E-state index is 0.0756. The molecule has 2 heterocycles. The van der Waals surface area contributed by atoms with Gasteiger partial charge in [0.05, 0.1) is 23.1 Å². The molecule has 4 N–H and O–H groups in total.